The Balaban J connectivity index is 1.60. The van der Waals surface area contributed by atoms with Crippen LogP contribution >= 0.6 is 0 Å². The lowest BCUT2D eigenvalue weighted by Crippen LogP contribution is -2.27. The summed E-state index contributed by atoms with van der Waals surface area (Å²) in [6.07, 6.45) is 5.18. The minimum atomic E-state index is -0.245. The van der Waals surface area contributed by atoms with Crippen LogP contribution in [0.1, 0.15) is 28.8 Å². The highest BCUT2D eigenvalue weighted by Gasteiger charge is 2.20. The molecule has 0 saturated carbocycles. The third-order valence-electron chi connectivity index (χ3n) is 4.71. The molecule has 0 atom stereocenters. The van der Waals surface area contributed by atoms with Crippen molar-refractivity contribution in [3.05, 3.63) is 70.3 Å². The van der Waals surface area contributed by atoms with Crippen molar-refractivity contribution in [1.82, 2.24) is 19.7 Å². The van der Waals surface area contributed by atoms with Gasteiger partial charge in [-0.1, -0.05) is 12.1 Å². The highest BCUT2D eigenvalue weighted by atomic mass is 16.2. The quantitative estimate of drug-likeness (QED) is 0.776. The highest BCUT2D eigenvalue weighted by molar-refractivity contribution is 5.94. The third-order valence-corrected chi connectivity index (χ3v) is 4.71. The summed E-state index contributed by atoms with van der Waals surface area (Å²) in [5, 5.41) is 11.8. The monoisotopic (exact) mass is 359 g/mol. The molecule has 1 fully saturated rings. The summed E-state index contributed by atoms with van der Waals surface area (Å²) in [6.45, 7) is 1.56. The molecule has 7 nitrogen and oxygen atoms in total. The fourth-order valence-electron chi connectivity index (χ4n) is 3.22. The van der Waals surface area contributed by atoms with Crippen molar-refractivity contribution in [1.29, 1.82) is 5.26 Å². The van der Waals surface area contributed by atoms with Crippen LogP contribution in [-0.4, -0.2) is 38.7 Å². The van der Waals surface area contributed by atoms with Crippen LogP contribution in [0.4, 0.5) is 0 Å². The molecule has 0 spiro atoms. The number of pyridine rings is 1. The Kier molecular flexibility index (Phi) is 4.30. The number of hydrogen-bond donors (Lipinski definition) is 1. The maximum atomic E-state index is 12.7. The van der Waals surface area contributed by atoms with Gasteiger partial charge in [0.1, 0.15) is 0 Å². The van der Waals surface area contributed by atoms with E-state index in [1.54, 1.807) is 42.6 Å². The predicted molar refractivity (Wildman–Crippen MR) is 99.5 cm³/mol. The summed E-state index contributed by atoms with van der Waals surface area (Å²) < 4.78 is 1.33. The summed E-state index contributed by atoms with van der Waals surface area (Å²) >= 11 is 0. The molecule has 0 aliphatic carbocycles. The second-order valence-electron chi connectivity index (χ2n) is 6.42. The van der Waals surface area contributed by atoms with Crippen molar-refractivity contribution in [3.8, 4) is 23.0 Å². The lowest BCUT2D eigenvalue weighted by molar-refractivity contribution is 0.0792. The van der Waals surface area contributed by atoms with Crippen molar-refractivity contribution < 1.29 is 4.79 Å². The zero-order valence-electron chi connectivity index (χ0n) is 14.6. The van der Waals surface area contributed by atoms with Crippen LogP contribution in [0.25, 0.3) is 16.9 Å². The smallest absolute Gasteiger partial charge is 0.280 e. The summed E-state index contributed by atoms with van der Waals surface area (Å²) in [7, 11) is 0. The molecule has 3 heterocycles. The SMILES string of the molecule is N#Cc1ccc(-c2c[nH]n(-c3ccc(C(=O)N4CCCC4)cn3)c2=O)cc1. The largest absolute Gasteiger partial charge is 0.339 e. The Morgan fingerprint density at radius 3 is 2.48 bits per heavy atom. The van der Waals surface area contributed by atoms with Gasteiger partial charge in [0.2, 0.25) is 0 Å². The molecule has 0 bridgehead atoms. The first-order chi connectivity index (χ1) is 13.2. The van der Waals surface area contributed by atoms with Gasteiger partial charge < -0.3 is 4.90 Å². The van der Waals surface area contributed by atoms with Gasteiger partial charge in [0, 0.05) is 25.5 Å². The lowest BCUT2D eigenvalue weighted by Gasteiger charge is -2.14. The number of nitrogens with zero attached hydrogens (tertiary/aromatic N) is 4. The molecule has 1 saturated heterocycles. The number of carbonyl (C=O) groups is 1. The van der Waals surface area contributed by atoms with E-state index in [0.717, 1.165) is 31.5 Å². The number of rotatable bonds is 3. The van der Waals surface area contributed by atoms with Gasteiger partial charge in [-0.25, -0.2) is 9.67 Å². The van der Waals surface area contributed by atoms with E-state index in [9.17, 15) is 9.59 Å². The van der Waals surface area contributed by atoms with E-state index in [1.807, 2.05) is 4.90 Å². The second kappa shape index (κ2) is 6.92. The van der Waals surface area contributed by atoms with Gasteiger partial charge in [-0.2, -0.15) is 5.26 Å². The van der Waals surface area contributed by atoms with Crippen LogP contribution in [0.3, 0.4) is 0 Å². The van der Waals surface area contributed by atoms with E-state index in [0.29, 0.717) is 22.5 Å². The number of aromatic amines is 1. The Hall–Kier alpha value is -3.66. The first kappa shape index (κ1) is 16.8. The van der Waals surface area contributed by atoms with E-state index < -0.39 is 0 Å². The summed E-state index contributed by atoms with van der Waals surface area (Å²) in [4.78, 5) is 31.2. The van der Waals surface area contributed by atoms with E-state index in [1.165, 1.54) is 10.9 Å². The maximum Gasteiger partial charge on any atom is 0.280 e. The molecular formula is C20H17N5O2. The lowest BCUT2D eigenvalue weighted by atomic mass is 10.1. The first-order valence-electron chi connectivity index (χ1n) is 8.74. The zero-order valence-corrected chi connectivity index (χ0v) is 14.6. The normalized spacial score (nSPS) is 13.5. The van der Waals surface area contributed by atoms with E-state index in [4.69, 9.17) is 5.26 Å². The number of aromatic nitrogens is 3. The number of H-pyrrole nitrogens is 1. The average Bonchev–Trinajstić information content (AvgIpc) is 3.38. The summed E-state index contributed by atoms with van der Waals surface area (Å²) in [5.74, 6) is 0.390. The maximum absolute atomic E-state index is 12.7. The van der Waals surface area contributed by atoms with Gasteiger partial charge in [-0.3, -0.25) is 14.7 Å². The summed E-state index contributed by atoms with van der Waals surface area (Å²) in [5.41, 5.74) is 2.02. The van der Waals surface area contributed by atoms with Gasteiger partial charge in [0.15, 0.2) is 5.82 Å². The fourth-order valence-corrected chi connectivity index (χ4v) is 3.22. The molecule has 1 aromatic carbocycles. The number of likely N-dealkylation sites (tertiary alicyclic amines) is 1. The number of nitriles is 1. The molecule has 1 aliphatic heterocycles. The molecule has 134 valence electrons. The minimum absolute atomic E-state index is 0.0244. The fraction of sp³-hybridized carbons (Fsp3) is 0.200. The van der Waals surface area contributed by atoms with Crippen molar-refractivity contribution in [2.45, 2.75) is 12.8 Å². The standard InChI is InChI=1S/C20H17N5O2/c21-11-14-3-5-15(6-4-14)17-13-23-25(20(17)27)18-8-7-16(12-22-18)19(26)24-9-1-2-10-24/h3-8,12-13,23H,1-2,9-10H2. The van der Waals surface area contributed by atoms with Crippen LogP contribution in [-0.2, 0) is 0 Å². The number of hydrogen-bond acceptors (Lipinski definition) is 4. The molecular weight excluding hydrogens is 342 g/mol. The molecule has 2 aromatic heterocycles. The Morgan fingerprint density at radius 2 is 1.85 bits per heavy atom. The molecule has 0 unspecified atom stereocenters. The Morgan fingerprint density at radius 1 is 1.11 bits per heavy atom. The van der Waals surface area contributed by atoms with Crippen molar-refractivity contribution in [2.24, 2.45) is 0 Å². The number of benzene rings is 1. The first-order valence-corrected chi connectivity index (χ1v) is 8.74. The van der Waals surface area contributed by atoms with E-state index >= 15 is 0 Å². The molecule has 3 aromatic rings. The van der Waals surface area contributed by atoms with Crippen molar-refractivity contribution in [3.63, 3.8) is 0 Å². The van der Waals surface area contributed by atoms with Crippen LogP contribution in [0.5, 0.6) is 0 Å². The van der Waals surface area contributed by atoms with Crippen LogP contribution < -0.4 is 5.56 Å². The number of amides is 1. The predicted octanol–water partition coefficient (Wildman–Crippen LogP) is 2.34. The Bertz CT molecular complexity index is 1070. The molecule has 1 N–H and O–H groups in total. The van der Waals surface area contributed by atoms with Crippen molar-refractivity contribution in [2.75, 3.05) is 13.1 Å². The topological polar surface area (TPSA) is 94.8 Å². The zero-order chi connectivity index (χ0) is 18.8. The van der Waals surface area contributed by atoms with Crippen LogP contribution in [0.15, 0.2) is 53.6 Å². The molecule has 27 heavy (non-hydrogen) atoms. The van der Waals surface area contributed by atoms with Gasteiger partial charge in [-0.15, -0.1) is 0 Å². The molecule has 4 rings (SSSR count). The van der Waals surface area contributed by atoms with Gasteiger partial charge in [0.05, 0.1) is 22.8 Å². The average molecular weight is 359 g/mol. The van der Waals surface area contributed by atoms with Crippen LogP contribution in [0, 0.1) is 11.3 Å². The molecule has 7 heteroatoms. The van der Waals surface area contributed by atoms with Gasteiger partial charge in [-0.05, 0) is 42.7 Å². The summed E-state index contributed by atoms with van der Waals surface area (Å²) in [6, 6.07) is 12.2. The second-order valence-corrected chi connectivity index (χ2v) is 6.42. The number of nitrogens with one attached hydrogen (secondary N) is 1. The molecule has 1 amide bonds. The van der Waals surface area contributed by atoms with Gasteiger partial charge >= 0.3 is 0 Å². The van der Waals surface area contributed by atoms with Crippen LogP contribution in [0.2, 0.25) is 0 Å². The minimum Gasteiger partial charge on any atom is -0.339 e. The molecule has 0 radical (unpaired) electrons. The molecule has 1 aliphatic rings. The van der Waals surface area contributed by atoms with E-state index in [-0.39, 0.29) is 11.5 Å². The van der Waals surface area contributed by atoms with Crippen molar-refractivity contribution >= 4 is 5.91 Å². The third kappa shape index (κ3) is 3.13. The highest BCUT2D eigenvalue weighted by Crippen LogP contribution is 2.17. The Labute approximate surface area is 155 Å². The number of carbonyl (C=O) groups excluding carboxylic acids is 1. The van der Waals surface area contributed by atoms with E-state index in [2.05, 4.69) is 16.2 Å². The van der Waals surface area contributed by atoms with Gasteiger partial charge in [0.25, 0.3) is 11.5 Å².